The second kappa shape index (κ2) is 5.36. The first-order valence-electron chi connectivity index (χ1n) is 6.30. The molecule has 0 aliphatic carbocycles. The highest BCUT2D eigenvalue weighted by Crippen LogP contribution is 2.27. The Hall–Kier alpha value is -1.94. The van der Waals surface area contributed by atoms with Gasteiger partial charge in [0.1, 0.15) is 0 Å². The summed E-state index contributed by atoms with van der Waals surface area (Å²) in [5.74, 6) is 0.122. The van der Waals surface area contributed by atoms with Gasteiger partial charge in [0.25, 0.3) is 5.91 Å². The van der Waals surface area contributed by atoms with Gasteiger partial charge in [0, 0.05) is 19.3 Å². The minimum absolute atomic E-state index is 0.122. The number of rotatable bonds is 2. The molecule has 0 spiro atoms. The molecule has 96 valence electrons. The van der Waals surface area contributed by atoms with Gasteiger partial charge in [-0.2, -0.15) is 0 Å². The van der Waals surface area contributed by atoms with Gasteiger partial charge in [-0.25, -0.2) is 0 Å². The molecule has 0 radical (unpaired) electrons. The van der Waals surface area contributed by atoms with Crippen LogP contribution in [0.3, 0.4) is 0 Å². The van der Waals surface area contributed by atoms with Crippen molar-refractivity contribution in [3.05, 3.63) is 53.6 Å². The Morgan fingerprint density at radius 1 is 1.21 bits per heavy atom. The summed E-state index contributed by atoms with van der Waals surface area (Å²) in [4.78, 5) is 20.3. The molecular weight excluding hydrogens is 256 g/mol. The van der Waals surface area contributed by atoms with Crippen LogP contribution in [0.1, 0.15) is 16.1 Å². The number of carbonyl (C=O) groups excluding carboxylic acids is 1. The molecule has 0 bridgehead atoms. The number of amides is 1. The van der Waals surface area contributed by atoms with Crippen LogP contribution >= 0.6 is 11.3 Å². The Labute approximate surface area is 116 Å². The molecule has 3 nitrogen and oxygen atoms in total. The summed E-state index contributed by atoms with van der Waals surface area (Å²) in [6, 6.07) is 9.68. The molecule has 0 aromatic carbocycles. The van der Waals surface area contributed by atoms with Crippen molar-refractivity contribution in [2.45, 2.75) is 6.42 Å². The summed E-state index contributed by atoms with van der Waals surface area (Å²) >= 11 is 1.51. The van der Waals surface area contributed by atoms with Gasteiger partial charge in [-0.1, -0.05) is 18.2 Å². The van der Waals surface area contributed by atoms with Crippen molar-refractivity contribution < 1.29 is 4.79 Å². The van der Waals surface area contributed by atoms with E-state index in [1.807, 2.05) is 35.2 Å². The monoisotopic (exact) mass is 270 g/mol. The van der Waals surface area contributed by atoms with Crippen LogP contribution in [-0.2, 0) is 0 Å². The average Bonchev–Trinajstić information content (AvgIpc) is 2.98. The third kappa shape index (κ3) is 2.58. The first kappa shape index (κ1) is 12.1. The first-order valence-corrected chi connectivity index (χ1v) is 7.12. The highest BCUT2D eigenvalue weighted by Gasteiger charge is 2.18. The standard InChI is InChI=1S/C15H14N2OS/c18-15(17-10-4-1-5-11-17)14-8-7-13(19-14)12-6-2-3-9-16-12/h1-4,6-9H,5,10-11H2. The maximum Gasteiger partial charge on any atom is 0.264 e. The summed E-state index contributed by atoms with van der Waals surface area (Å²) in [5, 5.41) is 0. The third-order valence-electron chi connectivity index (χ3n) is 3.08. The molecular formula is C15H14N2OS. The van der Waals surface area contributed by atoms with Crippen molar-refractivity contribution in [2.24, 2.45) is 0 Å². The predicted octanol–water partition coefficient (Wildman–Crippen LogP) is 3.21. The number of carbonyl (C=O) groups is 1. The van der Waals surface area contributed by atoms with Crippen LogP contribution in [-0.4, -0.2) is 28.9 Å². The fourth-order valence-electron chi connectivity index (χ4n) is 2.08. The highest BCUT2D eigenvalue weighted by atomic mass is 32.1. The van der Waals surface area contributed by atoms with Gasteiger partial charge in [-0.05, 0) is 30.7 Å². The Balaban J connectivity index is 1.81. The molecule has 1 amide bonds. The molecule has 3 heterocycles. The maximum atomic E-state index is 12.3. The highest BCUT2D eigenvalue weighted by molar-refractivity contribution is 7.17. The zero-order chi connectivity index (χ0) is 13.1. The van der Waals surface area contributed by atoms with Crippen molar-refractivity contribution in [3.63, 3.8) is 0 Å². The van der Waals surface area contributed by atoms with E-state index < -0.39 is 0 Å². The SMILES string of the molecule is O=C(c1ccc(-c2ccccn2)s1)N1CC=CCC1. The molecule has 2 aromatic heterocycles. The molecule has 0 saturated carbocycles. The molecule has 0 unspecified atom stereocenters. The van der Waals surface area contributed by atoms with Crippen molar-refractivity contribution in [3.8, 4) is 10.6 Å². The van der Waals surface area contributed by atoms with E-state index in [-0.39, 0.29) is 5.91 Å². The molecule has 0 atom stereocenters. The van der Waals surface area contributed by atoms with Crippen LogP contribution < -0.4 is 0 Å². The summed E-state index contributed by atoms with van der Waals surface area (Å²) in [6.45, 7) is 1.53. The normalized spacial score (nSPS) is 14.6. The van der Waals surface area contributed by atoms with E-state index in [0.717, 1.165) is 35.0 Å². The van der Waals surface area contributed by atoms with Gasteiger partial charge in [0.2, 0.25) is 0 Å². The van der Waals surface area contributed by atoms with E-state index in [0.29, 0.717) is 0 Å². The van der Waals surface area contributed by atoms with E-state index in [2.05, 4.69) is 17.1 Å². The largest absolute Gasteiger partial charge is 0.334 e. The van der Waals surface area contributed by atoms with Crippen molar-refractivity contribution in [1.29, 1.82) is 0 Å². The van der Waals surface area contributed by atoms with E-state index in [1.165, 1.54) is 11.3 Å². The lowest BCUT2D eigenvalue weighted by molar-refractivity contribution is 0.0776. The maximum absolute atomic E-state index is 12.3. The molecule has 4 heteroatoms. The number of pyridine rings is 1. The van der Waals surface area contributed by atoms with Gasteiger partial charge in [-0.3, -0.25) is 9.78 Å². The fourth-order valence-corrected chi connectivity index (χ4v) is 3.03. The van der Waals surface area contributed by atoms with E-state index >= 15 is 0 Å². The summed E-state index contributed by atoms with van der Waals surface area (Å²) in [7, 11) is 0. The van der Waals surface area contributed by atoms with Gasteiger partial charge in [-0.15, -0.1) is 11.3 Å². The van der Waals surface area contributed by atoms with E-state index in [9.17, 15) is 4.79 Å². The van der Waals surface area contributed by atoms with Gasteiger partial charge >= 0.3 is 0 Å². The summed E-state index contributed by atoms with van der Waals surface area (Å²) in [6.07, 6.45) is 6.89. The molecule has 2 aromatic rings. The van der Waals surface area contributed by atoms with Gasteiger partial charge in [0.05, 0.1) is 15.4 Å². The van der Waals surface area contributed by atoms with Crippen molar-refractivity contribution in [1.82, 2.24) is 9.88 Å². The zero-order valence-electron chi connectivity index (χ0n) is 10.5. The molecule has 0 saturated heterocycles. The predicted molar refractivity (Wildman–Crippen MR) is 77.2 cm³/mol. The zero-order valence-corrected chi connectivity index (χ0v) is 11.3. The Morgan fingerprint density at radius 2 is 2.16 bits per heavy atom. The molecule has 0 fully saturated rings. The van der Waals surface area contributed by atoms with Gasteiger partial charge < -0.3 is 4.90 Å². The minimum atomic E-state index is 0.122. The van der Waals surface area contributed by atoms with Crippen LogP contribution in [0.25, 0.3) is 10.6 Å². The van der Waals surface area contributed by atoms with Crippen LogP contribution in [0.15, 0.2) is 48.7 Å². The van der Waals surface area contributed by atoms with Crippen molar-refractivity contribution in [2.75, 3.05) is 13.1 Å². The van der Waals surface area contributed by atoms with E-state index in [4.69, 9.17) is 0 Å². The van der Waals surface area contributed by atoms with Gasteiger partial charge in [0.15, 0.2) is 0 Å². The average molecular weight is 270 g/mol. The summed E-state index contributed by atoms with van der Waals surface area (Å²) < 4.78 is 0. The van der Waals surface area contributed by atoms with Crippen molar-refractivity contribution >= 4 is 17.2 Å². The number of aromatic nitrogens is 1. The topological polar surface area (TPSA) is 33.2 Å². The molecule has 3 rings (SSSR count). The Bertz CT molecular complexity index is 604. The minimum Gasteiger partial charge on any atom is -0.334 e. The van der Waals surface area contributed by atoms with Crippen LogP contribution in [0.5, 0.6) is 0 Å². The number of nitrogens with zero attached hydrogens (tertiary/aromatic N) is 2. The molecule has 19 heavy (non-hydrogen) atoms. The van der Waals surface area contributed by atoms with Crippen LogP contribution in [0.4, 0.5) is 0 Å². The Kier molecular flexibility index (Phi) is 3.42. The Morgan fingerprint density at radius 3 is 2.89 bits per heavy atom. The fraction of sp³-hybridized carbons (Fsp3) is 0.200. The number of thiophene rings is 1. The molecule has 1 aliphatic rings. The lowest BCUT2D eigenvalue weighted by Crippen LogP contribution is -2.33. The summed E-state index contributed by atoms with van der Waals surface area (Å²) in [5.41, 5.74) is 0.921. The quantitative estimate of drug-likeness (QED) is 0.785. The number of hydrogen-bond donors (Lipinski definition) is 0. The second-order valence-corrected chi connectivity index (χ2v) is 5.47. The third-order valence-corrected chi connectivity index (χ3v) is 4.18. The van der Waals surface area contributed by atoms with Crippen LogP contribution in [0.2, 0.25) is 0 Å². The van der Waals surface area contributed by atoms with E-state index in [1.54, 1.807) is 6.20 Å². The lowest BCUT2D eigenvalue weighted by Gasteiger charge is -2.22. The lowest BCUT2D eigenvalue weighted by atomic mass is 10.2. The second-order valence-electron chi connectivity index (χ2n) is 4.39. The smallest absolute Gasteiger partial charge is 0.264 e. The molecule has 0 N–H and O–H groups in total. The molecule has 1 aliphatic heterocycles. The first-order chi connectivity index (χ1) is 9.34. The number of hydrogen-bond acceptors (Lipinski definition) is 3. The van der Waals surface area contributed by atoms with Crippen LogP contribution in [0, 0.1) is 0 Å².